The Morgan fingerprint density at radius 3 is 2.75 bits per heavy atom. The second-order valence-corrected chi connectivity index (χ2v) is 4.11. The van der Waals surface area contributed by atoms with Crippen LogP contribution >= 0.6 is 15.9 Å². The second-order valence-electron chi connectivity index (χ2n) is 3.30. The van der Waals surface area contributed by atoms with Crippen LogP contribution in [0, 0.1) is 0 Å². The van der Waals surface area contributed by atoms with Crippen molar-refractivity contribution in [3.05, 3.63) is 16.4 Å². The first-order valence-electron chi connectivity index (χ1n) is 5.30. The van der Waals surface area contributed by atoms with E-state index in [4.69, 9.17) is 4.52 Å². The van der Waals surface area contributed by atoms with E-state index in [9.17, 15) is 4.79 Å². The smallest absolute Gasteiger partial charge is 0.289 e. The largest absolute Gasteiger partial charge is 0.350 e. The lowest BCUT2D eigenvalue weighted by Crippen LogP contribution is -2.34. The van der Waals surface area contributed by atoms with Crippen LogP contribution in [0.4, 0.5) is 0 Å². The van der Waals surface area contributed by atoms with Gasteiger partial charge in [-0.2, -0.15) is 0 Å². The van der Waals surface area contributed by atoms with Crippen molar-refractivity contribution in [3.63, 3.8) is 0 Å². The first-order valence-corrected chi connectivity index (χ1v) is 6.09. The lowest BCUT2D eigenvalue weighted by atomic mass is 10.4. The van der Waals surface area contributed by atoms with Gasteiger partial charge in [0.1, 0.15) is 4.60 Å². The zero-order valence-corrected chi connectivity index (χ0v) is 11.1. The van der Waals surface area contributed by atoms with E-state index in [2.05, 4.69) is 45.2 Å². The van der Waals surface area contributed by atoms with E-state index in [1.807, 2.05) is 0 Å². The average molecular weight is 290 g/mol. The third kappa shape index (κ3) is 3.94. The zero-order valence-electron chi connectivity index (χ0n) is 9.49. The summed E-state index contributed by atoms with van der Waals surface area (Å²) in [6.07, 6.45) is 0. The lowest BCUT2D eigenvalue weighted by molar-refractivity contribution is 0.0912. The third-order valence-corrected chi connectivity index (χ3v) is 2.69. The van der Waals surface area contributed by atoms with Gasteiger partial charge in [-0.1, -0.05) is 19.0 Å². The Hall–Kier alpha value is -0.880. The maximum Gasteiger partial charge on any atom is 0.289 e. The molecule has 5 nitrogen and oxygen atoms in total. The molecule has 0 aliphatic carbocycles. The summed E-state index contributed by atoms with van der Waals surface area (Å²) < 4.78 is 5.34. The van der Waals surface area contributed by atoms with Crippen LogP contribution in [-0.2, 0) is 0 Å². The Morgan fingerprint density at radius 2 is 2.25 bits per heavy atom. The fourth-order valence-electron chi connectivity index (χ4n) is 1.32. The van der Waals surface area contributed by atoms with Crippen LogP contribution in [-0.4, -0.2) is 42.1 Å². The van der Waals surface area contributed by atoms with Crippen molar-refractivity contribution < 1.29 is 9.32 Å². The van der Waals surface area contributed by atoms with Crippen LogP contribution in [0.5, 0.6) is 0 Å². The highest BCUT2D eigenvalue weighted by atomic mass is 79.9. The normalized spacial score (nSPS) is 10.8. The van der Waals surface area contributed by atoms with Crippen molar-refractivity contribution in [2.24, 2.45) is 0 Å². The maximum absolute atomic E-state index is 11.5. The summed E-state index contributed by atoms with van der Waals surface area (Å²) in [5.74, 6) is -0.00298. The van der Waals surface area contributed by atoms with Crippen LogP contribution in [0.2, 0.25) is 0 Å². The first-order chi connectivity index (χ1) is 7.67. The van der Waals surface area contributed by atoms with Gasteiger partial charge in [0.05, 0.1) is 0 Å². The highest BCUT2D eigenvalue weighted by Crippen LogP contribution is 2.09. The van der Waals surface area contributed by atoms with Gasteiger partial charge in [0.2, 0.25) is 5.76 Å². The molecular formula is C10H16BrN3O2. The van der Waals surface area contributed by atoms with Gasteiger partial charge < -0.3 is 14.7 Å². The molecule has 0 unspecified atom stereocenters. The van der Waals surface area contributed by atoms with Gasteiger partial charge in [-0.3, -0.25) is 4.79 Å². The number of carbonyl (C=O) groups is 1. The molecule has 0 aliphatic heterocycles. The predicted molar refractivity (Wildman–Crippen MR) is 64.3 cm³/mol. The molecule has 1 amide bonds. The third-order valence-electron chi connectivity index (χ3n) is 2.31. The van der Waals surface area contributed by atoms with Crippen molar-refractivity contribution in [2.45, 2.75) is 13.8 Å². The number of aromatic nitrogens is 1. The zero-order chi connectivity index (χ0) is 12.0. The summed E-state index contributed by atoms with van der Waals surface area (Å²) in [5.41, 5.74) is 0. The molecule has 0 fully saturated rings. The van der Waals surface area contributed by atoms with Crippen molar-refractivity contribution in [1.29, 1.82) is 0 Å². The summed E-state index contributed by atoms with van der Waals surface area (Å²) >= 11 is 3.12. The Balaban J connectivity index is 2.30. The molecule has 0 spiro atoms. The Kier molecular flexibility index (Phi) is 5.48. The van der Waals surface area contributed by atoms with E-state index >= 15 is 0 Å². The van der Waals surface area contributed by atoms with Gasteiger partial charge in [0.15, 0.2) is 0 Å². The number of likely N-dealkylation sites (N-methyl/N-ethyl adjacent to an activating group) is 1. The van der Waals surface area contributed by atoms with Crippen LogP contribution < -0.4 is 5.32 Å². The fraction of sp³-hybridized carbons (Fsp3) is 0.600. The van der Waals surface area contributed by atoms with E-state index < -0.39 is 0 Å². The Labute approximate surface area is 103 Å². The highest BCUT2D eigenvalue weighted by molar-refractivity contribution is 9.10. The molecule has 90 valence electrons. The number of nitrogens with zero attached hydrogens (tertiary/aromatic N) is 2. The number of halogens is 1. The van der Waals surface area contributed by atoms with Gasteiger partial charge in [-0.05, 0) is 29.0 Å². The minimum atomic E-state index is -0.231. The van der Waals surface area contributed by atoms with Crippen molar-refractivity contribution >= 4 is 21.8 Å². The van der Waals surface area contributed by atoms with Gasteiger partial charge in [-0.25, -0.2) is 0 Å². The molecule has 0 bridgehead atoms. The molecule has 0 radical (unpaired) electrons. The van der Waals surface area contributed by atoms with Crippen LogP contribution in [0.15, 0.2) is 15.2 Å². The SMILES string of the molecule is CCN(CC)CCNC(=O)c1cc(Br)no1. The van der Waals surface area contributed by atoms with E-state index in [0.717, 1.165) is 19.6 Å². The molecule has 0 saturated carbocycles. The van der Waals surface area contributed by atoms with Crippen LogP contribution in [0.1, 0.15) is 24.4 Å². The highest BCUT2D eigenvalue weighted by Gasteiger charge is 2.11. The van der Waals surface area contributed by atoms with Crippen LogP contribution in [0.3, 0.4) is 0 Å². The topological polar surface area (TPSA) is 58.4 Å². The molecule has 0 aliphatic rings. The molecule has 6 heteroatoms. The number of amides is 1. The second kappa shape index (κ2) is 6.65. The maximum atomic E-state index is 11.5. The Bertz CT molecular complexity index is 337. The fourth-order valence-corrected chi connectivity index (χ4v) is 1.60. The van der Waals surface area contributed by atoms with Crippen LogP contribution in [0.25, 0.3) is 0 Å². The first kappa shape index (κ1) is 13.2. The number of hydrogen-bond donors (Lipinski definition) is 1. The summed E-state index contributed by atoms with van der Waals surface area (Å²) in [5, 5.41) is 6.36. The summed E-state index contributed by atoms with van der Waals surface area (Å²) in [6, 6.07) is 1.55. The number of nitrogens with one attached hydrogen (secondary N) is 1. The molecule has 16 heavy (non-hydrogen) atoms. The average Bonchev–Trinajstić information content (AvgIpc) is 2.71. The molecule has 1 aromatic heterocycles. The monoisotopic (exact) mass is 289 g/mol. The van der Waals surface area contributed by atoms with Gasteiger partial charge in [0, 0.05) is 19.2 Å². The van der Waals surface area contributed by atoms with Gasteiger partial charge >= 0.3 is 0 Å². The van der Waals surface area contributed by atoms with Crippen molar-refractivity contribution in [2.75, 3.05) is 26.2 Å². The summed E-state index contributed by atoms with van der Waals surface area (Å²) in [4.78, 5) is 13.8. The van der Waals surface area contributed by atoms with Gasteiger partial charge in [-0.15, -0.1) is 0 Å². The standard InChI is InChI=1S/C10H16BrN3O2/c1-3-14(4-2)6-5-12-10(15)8-7-9(11)13-16-8/h7H,3-6H2,1-2H3,(H,12,15). The van der Waals surface area contributed by atoms with E-state index in [-0.39, 0.29) is 11.7 Å². The minimum absolute atomic E-state index is 0.228. The van der Waals surface area contributed by atoms with E-state index in [0.29, 0.717) is 11.1 Å². The van der Waals surface area contributed by atoms with Crippen molar-refractivity contribution in [1.82, 2.24) is 15.4 Å². The molecule has 1 rings (SSSR count). The molecule has 1 aromatic rings. The molecule has 1 heterocycles. The molecule has 0 saturated heterocycles. The molecule has 0 aromatic carbocycles. The van der Waals surface area contributed by atoms with Crippen molar-refractivity contribution in [3.8, 4) is 0 Å². The molecule has 0 atom stereocenters. The quantitative estimate of drug-likeness (QED) is 0.862. The predicted octanol–water partition coefficient (Wildman–Crippen LogP) is 1.51. The summed E-state index contributed by atoms with van der Waals surface area (Å²) in [7, 11) is 0. The number of carbonyl (C=O) groups excluding carboxylic acids is 1. The Morgan fingerprint density at radius 1 is 1.56 bits per heavy atom. The van der Waals surface area contributed by atoms with E-state index in [1.165, 1.54) is 0 Å². The summed E-state index contributed by atoms with van der Waals surface area (Å²) in [6.45, 7) is 7.62. The van der Waals surface area contributed by atoms with E-state index in [1.54, 1.807) is 6.07 Å². The number of hydrogen-bond acceptors (Lipinski definition) is 4. The minimum Gasteiger partial charge on any atom is -0.350 e. The molecule has 1 N–H and O–H groups in total. The lowest BCUT2D eigenvalue weighted by Gasteiger charge is -2.17. The van der Waals surface area contributed by atoms with Gasteiger partial charge in [0.25, 0.3) is 5.91 Å². The number of rotatable bonds is 6. The molecular weight excluding hydrogens is 274 g/mol.